The van der Waals surface area contributed by atoms with E-state index in [0.29, 0.717) is 0 Å². The van der Waals surface area contributed by atoms with Gasteiger partial charge < -0.3 is 0 Å². The monoisotopic (exact) mass is 214 g/mol. The molecule has 0 saturated carbocycles. The standard InChI is InChI=1S/C8H10.C2H5Br/c1-2-8-6-4-3-5-7-8;1-2-3/h3-7H,2H2,1H3;2H2,1H3. The van der Waals surface area contributed by atoms with Gasteiger partial charge in [0.15, 0.2) is 0 Å². The van der Waals surface area contributed by atoms with E-state index in [0.717, 1.165) is 11.8 Å². The molecule has 0 amide bonds. The second-order valence-electron chi connectivity index (χ2n) is 2.11. The maximum atomic E-state index is 3.15. The zero-order valence-corrected chi connectivity index (χ0v) is 8.76. The minimum atomic E-state index is 1.06. The molecule has 1 aromatic carbocycles. The van der Waals surface area contributed by atoms with Crippen LogP contribution in [0.15, 0.2) is 30.3 Å². The van der Waals surface area contributed by atoms with Crippen molar-refractivity contribution in [3.63, 3.8) is 0 Å². The Balaban J connectivity index is 0.000000292. The van der Waals surface area contributed by atoms with Gasteiger partial charge in [-0.3, -0.25) is 0 Å². The smallest absolute Gasteiger partial charge is 0.000281 e. The molecule has 0 fully saturated rings. The molecule has 0 unspecified atom stereocenters. The third-order valence-corrected chi connectivity index (χ3v) is 1.25. The highest BCUT2D eigenvalue weighted by Crippen LogP contribution is 1.96. The molecule has 0 aliphatic rings. The summed E-state index contributed by atoms with van der Waals surface area (Å²) in [6, 6.07) is 10.5. The Labute approximate surface area is 77.8 Å². The van der Waals surface area contributed by atoms with Crippen LogP contribution in [-0.4, -0.2) is 5.33 Å². The fraction of sp³-hybridized carbons (Fsp3) is 0.400. The van der Waals surface area contributed by atoms with Crippen molar-refractivity contribution in [2.75, 3.05) is 5.33 Å². The minimum Gasteiger partial charge on any atom is -0.0931 e. The number of rotatable bonds is 1. The molecule has 0 N–H and O–H groups in total. The van der Waals surface area contributed by atoms with Crippen LogP contribution in [0.2, 0.25) is 0 Å². The molecule has 0 aromatic heterocycles. The van der Waals surface area contributed by atoms with Crippen LogP contribution in [0.1, 0.15) is 19.4 Å². The molecule has 0 nitrogen and oxygen atoms in total. The molecular weight excluding hydrogens is 200 g/mol. The zero-order chi connectivity index (χ0) is 8.53. The van der Waals surface area contributed by atoms with E-state index in [-0.39, 0.29) is 0 Å². The summed E-state index contributed by atoms with van der Waals surface area (Å²) in [5, 5.41) is 1.06. The highest BCUT2D eigenvalue weighted by Gasteiger charge is 1.79. The Morgan fingerprint density at radius 3 is 1.82 bits per heavy atom. The van der Waals surface area contributed by atoms with Gasteiger partial charge in [0.05, 0.1) is 0 Å². The van der Waals surface area contributed by atoms with Gasteiger partial charge in [0.25, 0.3) is 0 Å². The van der Waals surface area contributed by atoms with E-state index in [1.807, 2.05) is 13.0 Å². The first kappa shape index (κ1) is 10.7. The maximum Gasteiger partial charge on any atom is 0.000281 e. The van der Waals surface area contributed by atoms with E-state index < -0.39 is 0 Å². The summed E-state index contributed by atoms with van der Waals surface area (Å²) in [5.41, 5.74) is 1.41. The first-order chi connectivity index (χ1) is 5.35. The van der Waals surface area contributed by atoms with Crippen LogP contribution in [-0.2, 0) is 6.42 Å². The summed E-state index contributed by atoms with van der Waals surface area (Å²) in [7, 11) is 0. The number of hydrogen-bond donors (Lipinski definition) is 0. The van der Waals surface area contributed by atoms with Crippen LogP contribution in [0.3, 0.4) is 0 Å². The number of benzene rings is 1. The van der Waals surface area contributed by atoms with E-state index in [9.17, 15) is 0 Å². The molecule has 0 aliphatic carbocycles. The fourth-order valence-corrected chi connectivity index (χ4v) is 0.714. The lowest BCUT2D eigenvalue weighted by Crippen LogP contribution is -1.73. The van der Waals surface area contributed by atoms with Gasteiger partial charge in [0.2, 0.25) is 0 Å². The Morgan fingerprint density at radius 1 is 1.09 bits per heavy atom. The van der Waals surface area contributed by atoms with E-state index >= 15 is 0 Å². The maximum absolute atomic E-state index is 3.15. The Bertz CT molecular complexity index is 158. The number of hydrogen-bond acceptors (Lipinski definition) is 0. The third kappa shape index (κ3) is 6.11. The van der Waals surface area contributed by atoms with Gasteiger partial charge in [-0.05, 0) is 12.0 Å². The van der Waals surface area contributed by atoms with Crippen LogP contribution in [0.25, 0.3) is 0 Å². The van der Waals surface area contributed by atoms with Gasteiger partial charge in [-0.15, -0.1) is 0 Å². The summed E-state index contributed by atoms with van der Waals surface area (Å²) in [6.45, 7) is 4.20. The normalized spacial score (nSPS) is 8.27. The molecule has 0 spiro atoms. The largest absolute Gasteiger partial charge is 0.0931 e. The topological polar surface area (TPSA) is 0 Å². The van der Waals surface area contributed by atoms with Crippen LogP contribution >= 0.6 is 15.9 Å². The van der Waals surface area contributed by atoms with Gasteiger partial charge in [-0.25, -0.2) is 0 Å². The second-order valence-corrected chi connectivity index (χ2v) is 3.23. The van der Waals surface area contributed by atoms with Crippen LogP contribution in [0.4, 0.5) is 0 Å². The van der Waals surface area contributed by atoms with Crippen molar-refractivity contribution < 1.29 is 0 Å². The average molecular weight is 215 g/mol. The summed E-state index contributed by atoms with van der Waals surface area (Å²) < 4.78 is 0. The minimum absolute atomic E-state index is 1.06. The third-order valence-electron chi connectivity index (χ3n) is 1.25. The van der Waals surface area contributed by atoms with E-state index in [2.05, 4.69) is 47.1 Å². The molecule has 0 bridgehead atoms. The lowest BCUT2D eigenvalue weighted by atomic mass is 10.2. The van der Waals surface area contributed by atoms with Crippen LogP contribution in [0, 0.1) is 0 Å². The SMILES string of the molecule is CCBr.CCc1ccccc1. The highest BCUT2D eigenvalue weighted by molar-refractivity contribution is 9.09. The van der Waals surface area contributed by atoms with E-state index in [1.165, 1.54) is 5.56 Å². The molecule has 1 rings (SSSR count). The van der Waals surface area contributed by atoms with Gasteiger partial charge >= 0.3 is 0 Å². The zero-order valence-electron chi connectivity index (χ0n) is 7.18. The van der Waals surface area contributed by atoms with Crippen molar-refractivity contribution in [1.82, 2.24) is 0 Å². The molecule has 62 valence electrons. The van der Waals surface area contributed by atoms with Crippen molar-refractivity contribution >= 4 is 15.9 Å². The van der Waals surface area contributed by atoms with Gasteiger partial charge in [0.1, 0.15) is 0 Å². The predicted molar refractivity (Wildman–Crippen MR) is 55.3 cm³/mol. The van der Waals surface area contributed by atoms with Crippen molar-refractivity contribution in [3.05, 3.63) is 35.9 Å². The van der Waals surface area contributed by atoms with Crippen LogP contribution < -0.4 is 0 Å². The Hall–Kier alpha value is -0.300. The van der Waals surface area contributed by atoms with Crippen molar-refractivity contribution in [2.24, 2.45) is 0 Å². The van der Waals surface area contributed by atoms with Crippen LogP contribution in [0.5, 0.6) is 0 Å². The first-order valence-electron chi connectivity index (χ1n) is 3.95. The second kappa shape index (κ2) is 7.80. The van der Waals surface area contributed by atoms with Gasteiger partial charge in [-0.2, -0.15) is 0 Å². The molecule has 0 radical (unpaired) electrons. The summed E-state index contributed by atoms with van der Waals surface area (Å²) in [5.74, 6) is 0. The van der Waals surface area contributed by atoms with Crippen molar-refractivity contribution in [2.45, 2.75) is 20.3 Å². The van der Waals surface area contributed by atoms with Gasteiger partial charge in [-0.1, -0.05) is 60.1 Å². The fourth-order valence-electron chi connectivity index (χ4n) is 0.714. The van der Waals surface area contributed by atoms with Gasteiger partial charge in [0, 0.05) is 5.33 Å². The lowest BCUT2D eigenvalue weighted by Gasteiger charge is -1.89. The molecule has 0 aliphatic heterocycles. The van der Waals surface area contributed by atoms with Crippen molar-refractivity contribution in [1.29, 1.82) is 0 Å². The molecular formula is C10H15Br. The quantitative estimate of drug-likeness (QED) is 0.627. The number of halogens is 1. The molecule has 0 atom stereocenters. The summed E-state index contributed by atoms with van der Waals surface area (Å²) in [4.78, 5) is 0. The molecule has 1 heteroatoms. The number of aryl methyl sites for hydroxylation is 1. The Morgan fingerprint density at radius 2 is 1.55 bits per heavy atom. The lowest BCUT2D eigenvalue weighted by molar-refractivity contribution is 1.14. The first-order valence-corrected chi connectivity index (χ1v) is 5.07. The predicted octanol–water partition coefficient (Wildman–Crippen LogP) is 3.65. The number of alkyl halides is 1. The Kier molecular flexibility index (Phi) is 7.59. The average Bonchev–Trinajstić information content (AvgIpc) is 2.08. The molecule has 0 saturated heterocycles. The van der Waals surface area contributed by atoms with E-state index in [4.69, 9.17) is 0 Å². The molecule has 11 heavy (non-hydrogen) atoms. The molecule has 0 heterocycles. The molecule has 1 aromatic rings. The summed E-state index contributed by atoms with van der Waals surface area (Å²) >= 11 is 3.15. The van der Waals surface area contributed by atoms with E-state index in [1.54, 1.807) is 0 Å². The highest BCUT2D eigenvalue weighted by atomic mass is 79.9. The summed E-state index contributed by atoms with van der Waals surface area (Å²) in [6.07, 6.45) is 1.14. The van der Waals surface area contributed by atoms with Crippen molar-refractivity contribution in [3.8, 4) is 0 Å².